The molecule has 0 radical (unpaired) electrons. The molecular weight excluding hydrogens is 112 g/mol. The number of hydrogen-bond acceptors (Lipinski definition) is 2. The lowest BCUT2D eigenvalue weighted by Crippen LogP contribution is -2.10. The zero-order chi connectivity index (χ0) is 7.11. The summed E-state index contributed by atoms with van der Waals surface area (Å²) in [6, 6.07) is 0. The van der Waals surface area contributed by atoms with Crippen molar-refractivity contribution in [3.05, 3.63) is 24.3 Å². The third kappa shape index (κ3) is 3.67. The van der Waals surface area contributed by atoms with Gasteiger partial charge in [-0.25, -0.2) is 0 Å². The molecule has 0 aromatic heterocycles. The van der Waals surface area contributed by atoms with Crippen LogP contribution in [0.5, 0.6) is 0 Å². The SMILES string of the molecule is C=C/C=C(\C=N)CNC. The molecule has 0 aliphatic heterocycles. The van der Waals surface area contributed by atoms with Crippen LogP contribution in [0, 0.1) is 5.41 Å². The van der Waals surface area contributed by atoms with Gasteiger partial charge in [0.05, 0.1) is 0 Å². The topological polar surface area (TPSA) is 35.9 Å². The molecule has 9 heavy (non-hydrogen) atoms. The first kappa shape index (κ1) is 8.11. The standard InChI is InChI=1S/C7H12N2/c1-3-4-7(5-8)6-9-2/h3-5,8-9H,1,6H2,2H3/b7-4+,8-5?. The Labute approximate surface area is 55.8 Å². The van der Waals surface area contributed by atoms with Crippen molar-refractivity contribution in [1.29, 1.82) is 5.41 Å². The Hall–Kier alpha value is -0.890. The van der Waals surface area contributed by atoms with E-state index in [1.54, 1.807) is 6.08 Å². The van der Waals surface area contributed by atoms with Crippen molar-refractivity contribution >= 4 is 6.21 Å². The summed E-state index contributed by atoms with van der Waals surface area (Å²) in [6.45, 7) is 4.25. The molecule has 0 bridgehead atoms. The largest absolute Gasteiger partial charge is 0.316 e. The first-order valence-corrected chi connectivity index (χ1v) is 2.81. The molecule has 0 heterocycles. The van der Waals surface area contributed by atoms with Gasteiger partial charge in [-0.15, -0.1) is 0 Å². The van der Waals surface area contributed by atoms with Crippen LogP contribution < -0.4 is 5.32 Å². The van der Waals surface area contributed by atoms with E-state index in [0.717, 1.165) is 12.1 Å². The third-order valence-electron chi connectivity index (χ3n) is 0.898. The highest BCUT2D eigenvalue weighted by Crippen LogP contribution is 1.85. The van der Waals surface area contributed by atoms with Crippen LogP contribution in [-0.2, 0) is 0 Å². The molecule has 0 rings (SSSR count). The summed E-state index contributed by atoms with van der Waals surface area (Å²) in [6.07, 6.45) is 4.80. The minimum Gasteiger partial charge on any atom is -0.316 e. The summed E-state index contributed by atoms with van der Waals surface area (Å²) in [5.74, 6) is 0. The average Bonchev–Trinajstić information content (AvgIpc) is 1.88. The Morgan fingerprint density at radius 1 is 1.78 bits per heavy atom. The van der Waals surface area contributed by atoms with E-state index in [0.29, 0.717) is 0 Å². The van der Waals surface area contributed by atoms with Gasteiger partial charge in [-0.3, -0.25) is 0 Å². The minimum atomic E-state index is 0.732. The van der Waals surface area contributed by atoms with Crippen molar-refractivity contribution in [1.82, 2.24) is 5.32 Å². The van der Waals surface area contributed by atoms with Crippen molar-refractivity contribution < 1.29 is 0 Å². The van der Waals surface area contributed by atoms with Crippen molar-refractivity contribution in [2.75, 3.05) is 13.6 Å². The maximum absolute atomic E-state index is 6.89. The van der Waals surface area contributed by atoms with Gasteiger partial charge < -0.3 is 10.7 Å². The highest BCUT2D eigenvalue weighted by molar-refractivity contribution is 5.76. The molecular formula is C7H12N2. The van der Waals surface area contributed by atoms with Gasteiger partial charge in [0.1, 0.15) is 0 Å². The molecule has 0 spiro atoms. The number of hydrogen-bond donors (Lipinski definition) is 2. The molecule has 2 N–H and O–H groups in total. The smallest absolute Gasteiger partial charge is 0.0222 e. The van der Waals surface area contributed by atoms with Crippen LogP contribution in [0.4, 0.5) is 0 Å². The van der Waals surface area contributed by atoms with Crippen LogP contribution in [0.2, 0.25) is 0 Å². The van der Waals surface area contributed by atoms with E-state index in [1.165, 1.54) is 6.21 Å². The Balaban J connectivity index is 3.80. The number of likely N-dealkylation sites (N-methyl/N-ethyl adjacent to an activating group) is 1. The normalized spacial score (nSPS) is 11.0. The van der Waals surface area contributed by atoms with Crippen LogP contribution in [0.15, 0.2) is 24.3 Å². The van der Waals surface area contributed by atoms with Crippen molar-refractivity contribution in [3.63, 3.8) is 0 Å². The molecule has 0 aliphatic rings. The van der Waals surface area contributed by atoms with Gasteiger partial charge in [-0.1, -0.05) is 18.7 Å². The molecule has 0 amide bonds. The van der Waals surface area contributed by atoms with Crippen molar-refractivity contribution in [3.8, 4) is 0 Å². The lowest BCUT2D eigenvalue weighted by Gasteiger charge is -1.95. The summed E-state index contributed by atoms with van der Waals surface area (Å²) in [5, 5.41) is 9.82. The van der Waals surface area contributed by atoms with E-state index in [2.05, 4.69) is 11.9 Å². The Kier molecular flexibility index (Phi) is 4.73. The lowest BCUT2D eigenvalue weighted by molar-refractivity contribution is 0.904. The first-order chi connectivity index (χ1) is 4.35. The zero-order valence-electron chi connectivity index (χ0n) is 5.65. The first-order valence-electron chi connectivity index (χ1n) is 2.81. The van der Waals surface area contributed by atoms with E-state index in [9.17, 15) is 0 Å². The summed E-state index contributed by atoms with van der Waals surface area (Å²) in [5.41, 5.74) is 0.938. The maximum atomic E-state index is 6.89. The van der Waals surface area contributed by atoms with Gasteiger partial charge in [0, 0.05) is 12.8 Å². The van der Waals surface area contributed by atoms with Gasteiger partial charge in [0.25, 0.3) is 0 Å². The number of nitrogens with one attached hydrogen (secondary N) is 2. The molecule has 0 aromatic carbocycles. The Bertz CT molecular complexity index is 125. The number of rotatable bonds is 4. The second kappa shape index (κ2) is 5.25. The van der Waals surface area contributed by atoms with E-state index in [1.807, 2.05) is 13.1 Å². The molecule has 0 saturated heterocycles. The summed E-state index contributed by atoms with van der Waals surface area (Å²) < 4.78 is 0. The van der Waals surface area contributed by atoms with Gasteiger partial charge in [-0.2, -0.15) is 0 Å². The fraction of sp³-hybridized carbons (Fsp3) is 0.286. The van der Waals surface area contributed by atoms with Crippen LogP contribution in [0.1, 0.15) is 0 Å². The second-order valence-corrected chi connectivity index (χ2v) is 1.65. The molecule has 0 aromatic rings. The molecule has 0 fully saturated rings. The summed E-state index contributed by atoms with van der Waals surface area (Å²) in [4.78, 5) is 0. The monoisotopic (exact) mass is 124 g/mol. The zero-order valence-corrected chi connectivity index (χ0v) is 5.65. The predicted molar refractivity (Wildman–Crippen MR) is 41.0 cm³/mol. The molecule has 0 atom stereocenters. The highest BCUT2D eigenvalue weighted by Gasteiger charge is 1.84. The van der Waals surface area contributed by atoms with Gasteiger partial charge in [-0.05, 0) is 12.6 Å². The molecule has 50 valence electrons. The van der Waals surface area contributed by atoms with Gasteiger partial charge in [0.15, 0.2) is 0 Å². The molecule has 0 saturated carbocycles. The van der Waals surface area contributed by atoms with Crippen molar-refractivity contribution in [2.45, 2.75) is 0 Å². The fourth-order valence-corrected chi connectivity index (χ4v) is 0.514. The van der Waals surface area contributed by atoms with E-state index >= 15 is 0 Å². The fourth-order valence-electron chi connectivity index (χ4n) is 0.514. The third-order valence-corrected chi connectivity index (χ3v) is 0.898. The Morgan fingerprint density at radius 3 is 2.78 bits per heavy atom. The average molecular weight is 124 g/mol. The predicted octanol–water partition coefficient (Wildman–Crippen LogP) is 0.968. The molecule has 0 unspecified atom stereocenters. The maximum Gasteiger partial charge on any atom is 0.0222 e. The quantitative estimate of drug-likeness (QED) is 0.425. The lowest BCUT2D eigenvalue weighted by atomic mass is 10.2. The molecule has 2 heteroatoms. The van der Waals surface area contributed by atoms with Crippen LogP contribution in [0.25, 0.3) is 0 Å². The Morgan fingerprint density at radius 2 is 2.44 bits per heavy atom. The van der Waals surface area contributed by atoms with E-state index in [-0.39, 0.29) is 0 Å². The van der Waals surface area contributed by atoms with Crippen molar-refractivity contribution in [2.24, 2.45) is 0 Å². The van der Waals surface area contributed by atoms with E-state index in [4.69, 9.17) is 5.41 Å². The van der Waals surface area contributed by atoms with Crippen LogP contribution in [0.3, 0.4) is 0 Å². The highest BCUT2D eigenvalue weighted by atomic mass is 14.8. The molecule has 0 aliphatic carbocycles. The number of allylic oxidation sites excluding steroid dienone is 2. The summed E-state index contributed by atoms with van der Waals surface area (Å²) in [7, 11) is 1.85. The van der Waals surface area contributed by atoms with Gasteiger partial charge in [0.2, 0.25) is 0 Å². The van der Waals surface area contributed by atoms with Gasteiger partial charge >= 0.3 is 0 Å². The molecule has 2 nitrogen and oxygen atoms in total. The van der Waals surface area contributed by atoms with Crippen LogP contribution in [-0.4, -0.2) is 19.8 Å². The minimum absolute atomic E-state index is 0.732. The summed E-state index contributed by atoms with van der Waals surface area (Å²) >= 11 is 0. The van der Waals surface area contributed by atoms with E-state index < -0.39 is 0 Å². The second-order valence-electron chi connectivity index (χ2n) is 1.65. The van der Waals surface area contributed by atoms with Crippen LogP contribution >= 0.6 is 0 Å².